The van der Waals surface area contributed by atoms with Gasteiger partial charge in [-0.2, -0.15) is 0 Å². The van der Waals surface area contributed by atoms with Crippen molar-refractivity contribution in [3.63, 3.8) is 0 Å². The molecule has 0 heterocycles. The number of hydrogen-bond donors (Lipinski definition) is 1. The first-order valence-electron chi connectivity index (χ1n) is 6.70. The first kappa shape index (κ1) is 17.1. The lowest BCUT2D eigenvalue weighted by Crippen LogP contribution is -2.28. The maximum Gasteiger partial charge on any atom is 0.217 e. The van der Waals surface area contributed by atoms with E-state index in [4.69, 9.17) is 0 Å². The second-order valence-corrected chi connectivity index (χ2v) is 7.16. The zero-order chi connectivity index (χ0) is 17.2. The summed E-state index contributed by atoms with van der Waals surface area (Å²) in [5, 5.41) is 2.52. The molecule has 0 spiro atoms. The Bertz CT molecular complexity index is 850. The van der Waals surface area contributed by atoms with Gasteiger partial charge in [-0.15, -0.1) is 0 Å². The van der Waals surface area contributed by atoms with Gasteiger partial charge in [0.1, 0.15) is 11.6 Å². The number of benzene rings is 2. The molecule has 1 atom stereocenters. The van der Waals surface area contributed by atoms with E-state index in [2.05, 4.69) is 5.32 Å². The van der Waals surface area contributed by atoms with Crippen molar-refractivity contribution in [3.8, 4) is 0 Å². The maximum atomic E-state index is 14.1. The predicted octanol–water partition coefficient (Wildman–Crippen LogP) is 2.59. The Labute approximate surface area is 133 Å². The van der Waals surface area contributed by atoms with Crippen molar-refractivity contribution in [1.82, 2.24) is 5.32 Å². The van der Waals surface area contributed by atoms with E-state index in [1.165, 1.54) is 25.1 Å². The molecule has 0 bridgehead atoms. The van der Waals surface area contributed by atoms with E-state index >= 15 is 0 Å². The second kappa shape index (κ2) is 6.45. The highest BCUT2D eigenvalue weighted by molar-refractivity contribution is 7.90. The summed E-state index contributed by atoms with van der Waals surface area (Å²) in [6.45, 7) is 1.24. The van der Waals surface area contributed by atoms with Crippen molar-refractivity contribution in [2.75, 3.05) is 6.26 Å². The average molecular weight is 339 g/mol. The molecule has 0 unspecified atom stereocenters. The van der Waals surface area contributed by atoms with Gasteiger partial charge in [0.15, 0.2) is 9.84 Å². The fraction of sp³-hybridized carbons (Fsp3) is 0.188. The van der Waals surface area contributed by atoms with Crippen LogP contribution in [0.15, 0.2) is 47.4 Å². The molecule has 1 amide bonds. The third-order valence-corrected chi connectivity index (χ3v) is 4.35. The van der Waals surface area contributed by atoms with Crippen LogP contribution in [0.4, 0.5) is 8.78 Å². The highest BCUT2D eigenvalue weighted by atomic mass is 32.2. The minimum Gasteiger partial charge on any atom is -0.345 e. The van der Waals surface area contributed by atoms with Crippen molar-refractivity contribution >= 4 is 15.7 Å². The largest absolute Gasteiger partial charge is 0.345 e. The fourth-order valence-corrected chi connectivity index (χ4v) is 2.88. The molecular formula is C16H15F2NO3S. The Morgan fingerprint density at radius 3 is 2.43 bits per heavy atom. The Morgan fingerprint density at radius 1 is 1.13 bits per heavy atom. The molecule has 2 aromatic rings. The summed E-state index contributed by atoms with van der Waals surface area (Å²) in [6.07, 6.45) is 1.04. The van der Waals surface area contributed by atoms with Gasteiger partial charge in [-0.05, 0) is 35.9 Å². The van der Waals surface area contributed by atoms with Gasteiger partial charge in [-0.25, -0.2) is 17.2 Å². The molecule has 4 nitrogen and oxygen atoms in total. The SMILES string of the molecule is CC(=O)N[C@H](c1cccc(S(C)(=O)=O)c1)c1cc(F)ccc1F. The molecule has 1 N–H and O–H groups in total. The molecule has 122 valence electrons. The fourth-order valence-electron chi connectivity index (χ4n) is 2.20. The van der Waals surface area contributed by atoms with Crippen molar-refractivity contribution in [2.24, 2.45) is 0 Å². The average Bonchev–Trinajstić information content (AvgIpc) is 2.46. The van der Waals surface area contributed by atoms with Crippen molar-refractivity contribution in [3.05, 3.63) is 65.2 Å². The van der Waals surface area contributed by atoms with E-state index in [0.717, 1.165) is 24.5 Å². The topological polar surface area (TPSA) is 63.2 Å². The molecule has 0 aromatic heterocycles. The molecule has 0 aliphatic rings. The molecule has 0 aliphatic carbocycles. The monoisotopic (exact) mass is 339 g/mol. The van der Waals surface area contributed by atoms with E-state index in [0.29, 0.717) is 5.56 Å². The predicted molar refractivity (Wildman–Crippen MR) is 81.6 cm³/mol. The van der Waals surface area contributed by atoms with Gasteiger partial charge in [0.05, 0.1) is 10.9 Å². The number of rotatable bonds is 4. The number of halogens is 2. The summed E-state index contributed by atoms with van der Waals surface area (Å²) in [4.78, 5) is 11.5. The summed E-state index contributed by atoms with van der Waals surface area (Å²) in [6, 6.07) is 7.66. The van der Waals surface area contributed by atoms with Gasteiger partial charge >= 0.3 is 0 Å². The lowest BCUT2D eigenvalue weighted by atomic mass is 9.98. The third kappa shape index (κ3) is 4.13. The van der Waals surface area contributed by atoms with Crippen LogP contribution in [0.1, 0.15) is 24.1 Å². The Balaban J connectivity index is 2.60. The van der Waals surface area contributed by atoms with Gasteiger partial charge < -0.3 is 5.32 Å². The zero-order valence-corrected chi connectivity index (χ0v) is 13.3. The first-order valence-corrected chi connectivity index (χ1v) is 8.59. The van der Waals surface area contributed by atoms with Crippen LogP contribution < -0.4 is 5.32 Å². The number of carbonyl (C=O) groups is 1. The number of sulfone groups is 1. The lowest BCUT2D eigenvalue weighted by molar-refractivity contribution is -0.119. The summed E-state index contributed by atoms with van der Waals surface area (Å²) in [5.41, 5.74) is 0.262. The van der Waals surface area contributed by atoms with E-state index in [1.54, 1.807) is 6.07 Å². The summed E-state index contributed by atoms with van der Waals surface area (Å²) in [5.74, 6) is -1.81. The molecular weight excluding hydrogens is 324 g/mol. The molecule has 2 aromatic carbocycles. The van der Waals surface area contributed by atoms with Crippen LogP contribution in [0.5, 0.6) is 0 Å². The van der Waals surface area contributed by atoms with Crippen molar-refractivity contribution < 1.29 is 22.0 Å². The smallest absolute Gasteiger partial charge is 0.217 e. The van der Waals surface area contributed by atoms with Crippen LogP contribution in [0.25, 0.3) is 0 Å². The number of carbonyl (C=O) groups excluding carboxylic acids is 1. The quantitative estimate of drug-likeness (QED) is 0.931. The number of hydrogen-bond acceptors (Lipinski definition) is 3. The molecule has 0 saturated heterocycles. The van der Waals surface area contributed by atoms with E-state index in [-0.39, 0.29) is 10.5 Å². The minimum atomic E-state index is -3.47. The standard InChI is InChI=1S/C16H15F2NO3S/c1-10(20)19-16(14-9-12(17)6-7-15(14)18)11-4-3-5-13(8-11)23(2,21)22/h3-9,16H,1-2H3,(H,19,20)/t16-/m1/s1. The molecule has 0 fully saturated rings. The lowest BCUT2D eigenvalue weighted by Gasteiger charge is -2.20. The third-order valence-electron chi connectivity index (χ3n) is 3.24. The zero-order valence-electron chi connectivity index (χ0n) is 12.5. The minimum absolute atomic E-state index is 0.0298. The second-order valence-electron chi connectivity index (χ2n) is 5.14. The first-order chi connectivity index (χ1) is 10.7. The van der Waals surface area contributed by atoms with Crippen LogP contribution in [0.3, 0.4) is 0 Å². The van der Waals surface area contributed by atoms with Crippen LogP contribution in [-0.2, 0) is 14.6 Å². The summed E-state index contributed by atoms with van der Waals surface area (Å²) < 4.78 is 50.8. The van der Waals surface area contributed by atoms with E-state index in [1.807, 2.05) is 0 Å². The Morgan fingerprint density at radius 2 is 1.83 bits per heavy atom. The molecule has 7 heteroatoms. The molecule has 0 saturated carbocycles. The van der Waals surface area contributed by atoms with Crippen LogP contribution in [0.2, 0.25) is 0 Å². The van der Waals surface area contributed by atoms with Gasteiger partial charge in [-0.1, -0.05) is 12.1 Å². The van der Waals surface area contributed by atoms with E-state index < -0.39 is 33.4 Å². The number of nitrogens with one attached hydrogen (secondary N) is 1. The molecule has 23 heavy (non-hydrogen) atoms. The Kier molecular flexibility index (Phi) is 4.79. The normalized spacial score (nSPS) is 12.7. The molecule has 2 rings (SSSR count). The Hall–Kier alpha value is -2.28. The molecule has 0 radical (unpaired) electrons. The van der Waals surface area contributed by atoms with Gasteiger partial charge in [-0.3, -0.25) is 4.79 Å². The summed E-state index contributed by atoms with van der Waals surface area (Å²) >= 11 is 0. The van der Waals surface area contributed by atoms with Crippen LogP contribution in [0, 0.1) is 11.6 Å². The molecule has 0 aliphatic heterocycles. The van der Waals surface area contributed by atoms with Crippen molar-refractivity contribution in [1.29, 1.82) is 0 Å². The van der Waals surface area contributed by atoms with Crippen LogP contribution >= 0.6 is 0 Å². The van der Waals surface area contributed by atoms with Gasteiger partial charge in [0, 0.05) is 18.7 Å². The maximum absolute atomic E-state index is 14.1. The van der Waals surface area contributed by atoms with Crippen LogP contribution in [-0.4, -0.2) is 20.6 Å². The summed E-state index contributed by atoms with van der Waals surface area (Å²) in [7, 11) is -3.47. The number of amides is 1. The van der Waals surface area contributed by atoms with Crippen molar-refractivity contribution in [2.45, 2.75) is 17.9 Å². The highest BCUT2D eigenvalue weighted by Crippen LogP contribution is 2.27. The van der Waals surface area contributed by atoms with E-state index in [9.17, 15) is 22.0 Å². The van der Waals surface area contributed by atoms with Gasteiger partial charge in [0.25, 0.3) is 0 Å². The van der Waals surface area contributed by atoms with Gasteiger partial charge in [0.2, 0.25) is 5.91 Å². The highest BCUT2D eigenvalue weighted by Gasteiger charge is 2.21.